The summed E-state index contributed by atoms with van der Waals surface area (Å²) in [5.74, 6) is -1.24. The van der Waals surface area contributed by atoms with Crippen molar-refractivity contribution in [3.63, 3.8) is 0 Å². The molecule has 1 N–H and O–H groups in total. The van der Waals surface area contributed by atoms with Crippen LogP contribution in [0.25, 0.3) is 4.91 Å². The maximum absolute atomic E-state index is 12.9. The average Bonchev–Trinajstić information content (AvgIpc) is 2.78. The second-order valence-electron chi connectivity index (χ2n) is 6.50. The molecule has 0 saturated carbocycles. The normalized spacial score (nSPS) is 16.0. The molecule has 0 aliphatic carbocycles. The van der Waals surface area contributed by atoms with Crippen LogP contribution in [0.2, 0.25) is 0 Å². The molecule has 2 amide bonds. The molecule has 2 aromatic carbocycles. The van der Waals surface area contributed by atoms with E-state index >= 15 is 0 Å². The number of amides is 2. The van der Waals surface area contributed by atoms with E-state index in [0.717, 1.165) is 11.1 Å². The summed E-state index contributed by atoms with van der Waals surface area (Å²) in [6.07, 6.45) is 0. The molecule has 0 aromatic heterocycles. The van der Waals surface area contributed by atoms with E-state index in [4.69, 9.17) is 0 Å². The van der Waals surface area contributed by atoms with E-state index < -0.39 is 28.4 Å². The van der Waals surface area contributed by atoms with Crippen molar-refractivity contribution in [2.75, 3.05) is 11.9 Å². The Kier molecular flexibility index (Phi) is 4.89. The smallest absolute Gasteiger partial charge is 0.268 e. The van der Waals surface area contributed by atoms with Gasteiger partial charge in [-0.3, -0.25) is 9.59 Å². The monoisotopic (exact) mass is 384 g/mol. The summed E-state index contributed by atoms with van der Waals surface area (Å²) in [7, 11) is -4.08. The molecule has 0 unspecified atom stereocenters. The molecular formula is C20H20N2O4S. The fourth-order valence-corrected chi connectivity index (χ4v) is 4.77. The Morgan fingerprint density at radius 1 is 1.04 bits per heavy atom. The highest BCUT2D eigenvalue weighted by Crippen LogP contribution is 2.35. The molecule has 27 heavy (non-hydrogen) atoms. The summed E-state index contributed by atoms with van der Waals surface area (Å²) < 4.78 is 26.4. The lowest BCUT2D eigenvalue weighted by Crippen LogP contribution is -2.38. The zero-order valence-electron chi connectivity index (χ0n) is 15.3. The molecule has 1 aliphatic rings. The highest BCUT2D eigenvalue weighted by molar-refractivity contribution is 7.99. The van der Waals surface area contributed by atoms with E-state index in [-0.39, 0.29) is 10.5 Å². The number of sulfonamides is 1. The largest absolute Gasteiger partial charge is 0.324 e. The number of benzene rings is 2. The van der Waals surface area contributed by atoms with Gasteiger partial charge in [0, 0.05) is 11.3 Å². The predicted molar refractivity (Wildman–Crippen MR) is 104 cm³/mol. The molecule has 0 fully saturated rings. The maximum Gasteiger partial charge on any atom is 0.268 e. The van der Waals surface area contributed by atoms with E-state index in [2.05, 4.69) is 5.32 Å². The first-order valence-electron chi connectivity index (χ1n) is 8.42. The Bertz CT molecular complexity index is 1060. The lowest BCUT2D eigenvalue weighted by molar-refractivity contribution is -0.126. The topological polar surface area (TPSA) is 83.6 Å². The third-order valence-corrected chi connectivity index (χ3v) is 6.36. The van der Waals surface area contributed by atoms with Crippen molar-refractivity contribution in [3.8, 4) is 0 Å². The zero-order valence-corrected chi connectivity index (χ0v) is 16.1. The molecule has 6 nitrogen and oxygen atoms in total. The first-order chi connectivity index (χ1) is 12.7. The Morgan fingerprint density at radius 3 is 2.37 bits per heavy atom. The second-order valence-corrected chi connectivity index (χ2v) is 8.30. The molecule has 2 aromatic rings. The molecule has 3 rings (SSSR count). The number of rotatable bonds is 4. The summed E-state index contributed by atoms with van der Waals surface area (Å²) in [4.78, 5) is 24.9. The van der Waals surface area contributed by atoms with Gasteiger partial charge in [-0.1, -0.05) is 42.5 Å². The summed E-state index contributed by atoms with van der Waals surface area (Å²) in [5, 5.41) is 2.69. The van der Waals surface area contributed by atoms with Gasteiger partial charge in [-0.2, -0.15) is 0 Å². The van der Waals surface area contributed by atoms with E-state index in [1.165, 1.54) is 6.92 Å². The highest BCUT2D eigenvalue weighted by Gasteiger charge is 2.43. The number of aryl methyl sites for hydroxylation is 2. The third kappa shape index (κ3) is 3.50. The first-order valence-corrected chi connectivity index (χ1v) is 9.86. The molecule has 0 saturated heterocycles. The Labute approximate surface area is 158 Å². The van der Waals surface area contributed by atoms with E-state index in [1.54, 1.807) is 36.4 Å². The van der Waals surface area contributed by atoms with Gasteiger partial charge < -0.3 is 5.32 Å². The Morgan fingerprint density at radius 2 is 1.70 bits per heavy atom. The van der Waals surface area contributed by atoms with Crippen molar-refractivity contribution in [2.45, 2.75) is 20.8 Å². The molecule has 0 atom stereocenters. The number of hydrogen-bond donors (Lipinski definition) is 1. The fourth-order valence-electron chi connectivity index (χ4n) is 3.00. The molecular weight excluding hydrogens is 364 g/mol. The van der Waals surface area contributed by atoms with Crippen LogP contribution in [0.5, 0.6) is 0 Å². The van der Waals surface area contributed by atoms with Gasteiger partial charge in [0.15, 0.2) is 0 Å². The van der Waals surface area contributed by atoms with Gasteiger partial charge in [0.05, 0.1) is 0 Å². The van der Waals surface area contributed by atoms with Gasteiger partial charge >= 0.3 is 0 Å². The van der Waals surface area contributed by atoms with Crippen LogP contribution in [0.15, 0.2) is 54.1 Å². The minimum Gasteiger partial charge on any atom is -0.324 e. The van der Waals surface area contributed by atoms with Crippen molar-refractivity contribution in [1.29, 1.82) is 0 Å². The molecule has 1 heterocycles. The SMILES string of the molecule is CC1=C(c2ccccc2)S(=O)(=O)N(CC(=O)Nc2cc(C)ccc2C)C1=O. The van der Waals surface area contributed by atoms with Crippen LogP contribution in [-0.4, -0.2) is 31.1 Å². The van der Waals surface area contributed by atoms with Crippen LogP contribution in [0.4, 0.5) is 5.69 Å². The van der Waals surface area contributed by atoms with Crippen LogP contribution in [0, 0.1) is 13.8 Å². The van der Waals surface area contributed by atoms with Crippen LogP contribution < -0.4 is 5.32 Å². The summed E-state index contributed by atoms with van der Waals surface area (Å²) in [6.45, 7) is 4.63. The van der Waals surface area contributed by atoms with Crippen LogP contribution >= 0.6 is 0 Å². The van der Waals surface area contributed by atoms with E-state index in [0.29, 0.717) is 15.6 Å². The lowest BCUT2D eigenvalue weighted by Gasteiger charge is -2.17. The minimum absolute atomic E-state index is 0.0485. The van der Waals surface area contributed by atoms with E-state index in [1.807, 2.05) is 26.0 Å². The van der Waals surface area contributed by atoms with Crippen LogP contribution in [0.1, 0.15) is 23.6 Å². The van der Waals surface area contributed by atoms with Gasteiger partial charge in [-0.15, -0.1) is 0 Å². The zero-order chi connectivity index (χ0) is 19.8. The molecule has 140 valence electrons. The number of nitrogens with one attached hydrogen (secondary N) is 1. The minimum atomic E-state index is -4.08. The highest BCUT2D eigenvalue weighted by atomic mass is 32.2. The van der Waals surface area contributed by atoms with Gasteiger partial charge in [0.1, 0.15) is 11.4 Å². The number of nitrogens with zero attached hydrogens (tertiary/aromatic N) is 1. The van der Waals surface area contributed by atoms with Crippen molar-refractivity contribution >= 4 is 32.4 Å². The number of carbonyl (C=O) groups is 2. The van der Waals surface area contributed by atoms with Crippen molar-refractivity contribution < 1.29 is 18.0 Å². The number of anilines is 1. The van der Waals surface area contributed by atoms with Crippen LogP contribution in [-0.2, 0) is 19.6 Å². The third-order valence-electron chi connectivity index (χ3n) is 4.43. The molecule has 0 bridgehead atoms. The first kappa shape index (κ1) is 18.8. The van der Waals surface area contributed by atoms with Crippen LogP contribution in [0.3, 0.4) is 0 Å². The van der Waals surface area contributed by atoms with Gasteiger partial charge in [-0.05, 0) is 43.5 Å². The lowest BCUT2D eigenvalue weighted by atomic mass is 10.1. The Balaban J connectivity index is 1.85. The summed E-state index contributed by atoms with van der Waals surface area (Å²) >= 11 is 0. The Hall–Kier alpha value is -2.93. The molecule has 0 radical (unpaired) electrons. The molecule has 0 spiro atoms. The maximum atomic E-state index is 12.9. The van der Waals surface area contributed by atoms with Gasteiger partial charge in [0.2, 0.25) is 5.91 Å². The average molecular weight is 384 g/mol. The quantitative estimate of drug-likeness (QED) is 0.879. The molecule has 7 heteroatoms. The van der Waals surface area contributed by atoms with Gasteiger partial charge in [-0.25, -0.2) is 12.7 Å². The van der Waals surface area contributed by atoms with Gasteiger partial charge in [0.25, 0.3) is 15.9 Å². The second kappa shape index (κ2) is 7.00. The van der Waals surface area contributed by atoms with Crippen molar-refractivity contribution in [1.82, 2.24) is 4.31 Å². The molecule has 1 aliphatic heterocycles. The van der Waals surface area contributed by atoms with E-state index in [9.17, 15) is 18.0 Å². The number of carbonyl (C=O) groups excluding carboxylic acids is 2. The standard InChI is InChI=1S/C20H20N2O4S/c1-13-9-10-14(2)17(11-13)21-18(23)12-22-20(24)15(3)19(27(22,25)26)16-7-5-4-6-8-16/h4-11H,12H2,1-3H3,(H,21,23). The number of hydrogen-bond acceptors (Lipinski definition) is 4. The fraction of sp³-hybridized carbons (Fsp3) is 0.200. The predicted octanol–water partition coefficient (Wildman–Crippen LogP) is 2.85. The summed E-state index contributed by atoms with van der Waals surface area (Å²) in [5.41, 5.74) is 2.95. The van der Waals surface area contributed by atoms with Crippen molar-refractivity contribution in [2.24, 2.45) is 0 Å². The van der Waals surface area contributed by atoms with Crippen molar-refractivity contribution in [3.05, 3.63) is 70.8 Å². The summed E-state index contributed by atoms with van der Waals surface area (Å²) in [6, 6.07) is 14.0.